The monoisotopic (exact) mass is 259 g/mol. The maximum Gasteiger partial charge on any atom is 0.331 e. The molecule has 2 rings (SSSR count). The van der Waals surface area contributed by atoms with E-state index in [0.717, 1.165) is 4.90 Å². The molecule has 0 aromatic heterocycles. The Morgan fingerprint density at radius 3 is 2.16 bits per heavy atom. The van der Waals surface area contributed by atoms with Crippen LogP contribution in [0.15, 0.2) is 35.9 Å². The Balaban J connectivity index is 2.24. The van der Waals surface area contributed by atoms with Crippen molar-refractivity contribution in [3.05, 3.63) is 47.0 Å². The van der Waals surface area contributed by atoms with E-state index in [4.69, 9.17) is 5.11 Å². The summed E-state index contributed by atoms with van der Waals surface area (Å²) in [5, 5.41) is 8.90. The summed E-state index contributed by atoms with van der Waals surface area (Å²) >= 11 is 0. The Morgan fingerprint density at radius 1 is 1.21 bits per heavy atom. The molecule has 0 atom stereocenters. The van der Waals surface area contributed by atoms with Gasteiger partial charge in [-0.1, -0.05) is 25.1 Å². The van der Waals surface area contributed by atoms with Crippen LogP contribution in [0.1, 0.15) is 34.1 Å². The molecular formula is C14H13NO4. The average Bonchev–Trinajstić information content (AvgIpc) is 2.64. The van der Waals surface area contributed by atoms with Gasteiger partial charge in [0, 0.05) is 12.1 Å². The zero-order chi connectivity index (χ0) is 14.0. The number of hydrogen-bond donors (Lipinski definition) is 1. The number of aliphatic carboxylic acids is 1. The van der Waals surface area contributed by atoms with Crippen LogP contribution in [0.3, 0.4) is 0 Å². The van der Waals surface area contributed by atoms with E-state index in [9.17, 15) is 14.4 Å². The first-order valence-corrected chi connectivity index (χ1v) is 5.93. The fourth-order valence-corrected chi connectivity index (χ4v) is 1.99. The molecule has 0 bridgehead atoms. The predicted molar refractivity (Wildman–Crippen MR) is 67.8 cm³/mol. The van der Waals surface area contributed by atoms with Crippen LogP contribution in [-0.2, 0) is 4.79 Å². The number of hydrogen-bond acceptors (Lipinski definition) is 3. The molecule has 0 unspecified atom stereocenters. The van der Waals surface area contributed by atoms with Gasteiger partial charge < -0.3 is 5.11 Å². The molecule has 0 saturated heterocycles. The molecule has 5 heteroatoms. The highest BCUT2D eigenvalue weighted by Crippen LogP contribution is 2.22. The normalized spacial score (nSPS) is 14.8. The molecule has 2 amide bonds. The summed E-state index contributed by atoms with van der Waals surface area (Å²) in [6, 6.07) is 6.57. The fraction of sp³-hybridized carbons (Fsp3) is 0.214. The molecule has 0 saturated carbocycles. The minimum absolute atomic E-state index is 0.0121. The van der Waals surface area contributed by atoms with Gasteiger partial charge >= 0.3 is 5.97 Å². The Bertz CT molecular complexity index is 554. The number of imide groups is 1. The minimum atomic E-state index is -1.03. The van der Waals surface area contributed by atoms with Crippen LogP contribution in [0, 0.1) is 0 Å². The standard InChI is InChI=1S/C14H13NO4/c1-2-9(14(18)19)7-8-15-12(16)10-5-3-4-6-11(10)13(15)17/h3-7H,2,8H2,1H3,(H,18,19). The lowest BCUT2D eigenvalue weighted by Gasteiger charge is -2.11. The highest BCUT2D eigenvalue weighted by Gasteiger charge is 2.34. The third-order valence-electron chi connectivity index (χ3n) is 3.05. The first kappa shape index (κ1) is 13.0. The fourth-order valence-electron chi connectivity index (χ4n) is 1.99. The zero-order valence-corrected chi connectivity index (χ0v) is 10.4. The molecule has 1 aromatic rings. The molecular weight excluding hydrogens is 246 g/mol. The van der Waals surface area contributed by atoms with E-state index in [1.54, 1.807) is 31.2 Å². The van der Waals surface area contributed by atoms with Gasteiger partial charge in [0.05, 0.1) is 11.1 Å². The third-order valence-corrected chi connectivity index (χ3v) is 3.05. The number of rotatable bonds is 4. The largest absolute Gasteiger partial charge is 0.478 e. The van der Waals surface area contributed by atoms with E-state index in [1.807, 2.05) is 0 Å². The van der Waals surface area contributed by atoms with Gasteiger partial charge in [0.2, 0.25) is 0 Å². The molecule has 1 aliphatic heterocycles. The number of nitrogens with zero attached hydrogens (tertiary/aromatic N) is 1. The Hall–Kier alpha value is -2.43. The van der Waals surface area contributed by atoms with Gasteiger partial charge in [0.1, 0.15) is 0 Å². The number of carboxylic acids is 1. The number of carboxylic acid groups (broad SMARTS) is 1. The number of carbonyl (C=O) groups is 3. The number of fused-ring (bicyclic) bond motifs is 1. The van der Waals surface area contributed by atoms with Crippen molar-refractivity contribution in [2.75, 3.05) is 6.54 Å². The highest BCUT2D eigenvalue weighted by atomic mass is 16.4. The van der Waals surface area contributed by atoms with E-state index < -0.39 is 5.97 Å². The lowest BCUT2D eigenvalue weighted by Crippen LogP contribution is -2.30. The quantitative estimate of drug-likeness (QED) is 0.659. The highest BCUT2D eigenvalue weighted by molar-refractivity contribution is 6.21. The number of benzene rings is 1. The molecule has 0 spiro atoms. The maximum atomic E-state index is 12.0. The van der Waals surface area contributed by atoms with Crippen LogP contribution < -0.4 is 0 Å². The van der Waals surface area contributed by atoms with Gasteiger partial charge in [-0.2, -0.15) is 0 Å². The maximum absolute atomic E-state index is 12.0. The number of carbonyl (C=O) groups excluding carboxylic acids is 2. The summed E-state index contributed by atoms with van der Waals surface area (Å²) in [5.41, 5.74) is 0.931. The summed E-state index contributed by atoms with van der Waals surface area (Å²) in [5.74, 6) is -1.78. The lowest BCUT2D eigenvalue weighted by atomic mass is 10.1. The van der Waals surface area contributed by atoms with Crippen molar-refractivity contribution in [3.63, 3.8) is 0 Å². The SMILES string of the molecule is CCC(=CCN1C(=O)c2ccccc2C1=O)C(=O)O. The molecule has 19 heavy (non-hydrogen) atoms. The topological polar surface area (TPSA) is 74.7 Å². The smallest absolute Gasteiger partial charge is 0.331 e. The van der Waals surface area contributed by atoms with Gasteiger partial charge in [-0.25, -0.2) is 4.79 Å². The average molecular weight is 259 g/mol. The molecule has 0 fully saturated rings. The molecule has 1 aromatic carbocycles. The molecule has 98 valence electrons. The Morgan fingerprint density at radius 2 is 1.74 bits per heavy atom. The van der Waals surface area contributed by atoms with Crippen LogP contribution >= 0.6 is 0 Å². The Kier molecular flexibility index (Phi) is 3.46. The van der Waals surface area contributed by atoms with Crippen LogP contribution in [0.5, 0.6) is 0 Å². The van der Waals surface area contributed by atoms with Crippen LogP contribution in [-0.4, -0.2) is 34.3 Å². The lowest BCUT2D eigenvalue weighted by molar-refractivity contribution is -0.132. The van der Waals surface area contributed by atoms with Gasteiger partial charge in [-0.3, -0.25) is 14.5 Å². The van der Waals surface area contributed by atoms with Gasteiger partial charge in [-0.15, -0.1) is 0 Å². The van der Waals surface area contributed by atoms with Gasteiger partial charge in [0.15, 0.2) is 0 Å². The second-order valence-corrected chi connectivity index (χ2v) is 4.15. The second kappa shape index (κ2) is 5.06. The molecule has 1 heterocycles. The molecule has 0 radical (unpaired) electrons. The van der Waals surface area contributed by atoms with Crippen molar-refractivity contribution in [2.45, 2.75) is 13.3 Å². The molecule has 1 aliphatic rings. The second-order valence-electron chi connectivity index (χ2n) is 4.15. The summed E-state index contributed by atoms with van der Waals surface area (Å²) in [4.78, 5) is 35.9. The van der Waals surface area contributed by atoms with Crippen molar-refractivity contribution in [2.24, 2.45) is 0 Å². The van der Waals surface area contributed by atoms with E-state index in [1.165, 1.54) is 6.08 Å². The van der Waals surface area contributed by atoms with Crippen molar-refractivity contribution in [1.29, 1.82) is 0 Å². The van der Waals surface area contributed by atoms with Crippen LogP contribution in [0.2, 0.25) is 0 Å². The Labute approximate surface area is 110 Å². The van der Waals surface area contributed by atoms with Crippen molar-refractivity contribution in [3.8, 4) is 0 Å². The van der Waals surface area contributed by atoms with E-state index in [2.05, 4.69) is 0 Å². The van der Waals surface area contributed by atoms with Gasteiger partial charge in [-0.05, 0) is 18.6 Å². The summed E-state index contributed by atoms with van der Waals surface area (Å²) in [6.07, 6.45) is 1.75. The third kappa shape index (κ3) is 2.27. The summed E-state index contributed by atoms with van der Waals surface area (Å²) in [6.45, 7) is 1.70. The molecule has 5 nitrogen and oxygen atoms in total. The van der Waals surface area contributed by atoms with E-state index >= 15 is 0 Å². The molecule has 0 aliphatic carbocycles. The van der Waals surface area contributed by atoms with Crippen LogP contribution in [0.25, 0.3) is 0 Å². The van der Waals surface area contributed by atoms with Crippen molar-refractivity contribution < 1.29 is 19.5 Å². The van der Waals surface area contributed by atoms with Crippen LogP contribution in [0.4, 0.5) is 0 Å². The number of amides is 2. The first-order valence-electron chi connectivity index (χ1n) is 5.93. The summed E-state index contributed by atoms with van der Waals surface area (Å²) in [7, 11) is 0. The van der Waals surface area contributed by atoms with E-state index in [-0.39, 0.29) is 23.9 Å². The zero-order valence-electron chi connectivity index (χ0n) is 10.4. The molecule has 1 N–H and O–H groups in total. The van der Waals surface area contributed by atoms with E-state index in [0.29, 0.717) is 17.5 Å². The minimum Gasteiger partial charge on any atom is -0.478 e. The summed E-state index contributed by atoms with van der Waals surface area (Å²) < 4.78 is 0. The predicted octanol–water partition coefficient (Wildman–Crippen LogP) is 1.70. The van der Waals surface area contributed by atoms with Crippen molar-refractivity contribution >= 4 is 17.8 Å². The first-order chi connectivity index (χ1) is 9.06. The van der Waals surface area contributed by atoms with Gasteiger partial charge in [0.25, 0.3) is 11.8 Å². The van der Waals surface area contributed by atoms with Crippen molar-refractivity contribution in [1.82, 2.24) is 4.90 Å².